The molecular formula is C16H32N4O3. The Morgan fingerprint density at radius 1 is 1.22 bits per heavy atom. The van der Waals surface area contributed by atoms with Gasteiger partial charge in [0.1, 0.15) is 5.60 Å². The van der Waals surface area contributed by atoms with Crippen LogP contribution in [0.3, 0.4) is 0 Å². The highest BCUT2D eigenvalue weighted by Crippen LogP contribution is 2.19. The van der Waals surface area contributed by atoms with Gasteiger partial charge in [-0.3, -0.25) is 0 Å². The number of nitrogens with one attached hydrogen (secondary N) is 1. The Bertz CT molecular complexity index is 412. The fourth-order valence-corrected chi connectivity index (χ4v) is 2.32. The van der Waals surface area contributed by atoms with Gasteiger partial charge >= 0.3 is 6.09 Å². The van der Waals surface area contributed by atoms with Crippen LogP contribution in [0, 0.1) is 11.8 Å². The molecule has 134 valence electrons. The molecule has 0 spiro atoms. The minimum Gasteiger partial charge on any atom is -0.444 e. The second-order valence-corrected chi connectivity index (χ2v) is 7.77. The molecule has 0 radical (unpaired) electrons. The van der Waals surface area contributed by atoms with Gasteiger partial charge in [-0.1, -0.05) is 32.8 Å². The summed E-state index contributed by atoms with van der Waals surface area (Å²) in [6, 6.07) is -1.11. The molecule has 0 aliphatic carbocycles. The van der Waals surface area contributed by atoms with E-state index in [4.69, 9.17) is 10.3 Å². The third-order valence-corrected chi connectivity index (χ3v) is 3.15. The van der Waals surface area contributed by atoms with E-state index in [9.17, 15) is 9.90 Å². The molecule has 0 fully saturated rings. The Morgan fingerprint density at radius 2 is 1.74 bits per heavy atom. The molecule has 23 heavy (non-hydrogen) atoms. The fraction of sp³-hybridized carbons (Fsp3) is 0.938. The average molecular weight is 328 g/mol. The average Bonchev–Trinajstić information content (AvgIpc) is 2.33. The van der Waals surface area contributed by atoms with Crippen LogP contribution in [0.5, 0.6) is 0 Å². The van der Waals surface area contributed by atoms with Crippen LogP contribution in [0.4, 0.5) is 4.79 Å². The van der Waals surface area contributed by atoms with E-state index in [1.807, 2.05) is 27.7 Å². The highest BCUT2D eigenvalue weighted by Gasteiger charge is 2.30. The van der Waals surface area contributed by atoms with Crippen LogP contribution in [0.1, 0.15) is 61.3 Å². The molecule has 0 aliphatic rings. The summed E-state index contributed by atoms with van der Waals surface area (Å²) in [7, 11) is 0. The Labute approximate surface area is 139 Å². The SMILES string of the molecule is CC(C)C[C@H](N=[N+]=[N-])[C@H](O)[C@H](CC(C)C)NC(=O)OC(C)(C)C. The van der Waals surface area contributed by atoms with E-state index in [0.29, 0.717) is 12.8 Å². The van der Waals surface area contributed by atoms with E-state index in [-0.39, 0.29) is 11.8 Å². The number of aliphatic hydroxyl groups excluding tert-OH is 1. The highest BCUT2D eigenvalue weighted by molar-refractivity contribution is 5.68. The van der Waals surface area contributed by atoms with Crippen molar-refractivity contribution in [1.82, 2.24) is 5.32 Å². The van der Waals surface area contributed by atoms with Gasteiger partial charge in [-0.15, -0.1) is 0 Å². The zero-order chi connectivity index (χ0) is 18.2. The van der Waals surface area contributed by atoms with Crippen LogP contribution in [0.25, 0.3) is 10.4 Å². The van der Waals surface area contributed by atoms with Crippen LogP contribution in [0.2, 0.25) is 0 Å². The number of carbonyl (C=O) groups is 1. The first-order chi connectivity index (χ1) is 10.5. The molecule has 0 saturated heterocycles. The summed E-state index contributed by atoms with van der Waals surface area (Å²) in [6.07, 6.45) is -0.416. The van der Waals surface area contributed by atoms with E-state index in [0.717, 1.165) is 0 Å². The molecule has 1 amide bonds. The normalized spacial score (nSPS) is 15.7. The van der Waals surface area contributed by atoms with Crippen LogP contribution >= 0.6 is 0 Å². The van der Waals surface area contributed by atoms with E-state index < -0.39 is 29.9 Å². The minimum absolute atomic E-state index is 0.260. The Kier molecular flexibility index (Phi) is 9.02. The molecule has 7 nitrogen and oxygen atoms in total. The molecule has 0 aromatic heterocycles. The molecule has 0 aliphatic heterocycles. The summed E-state index contributed by atoms with van der Waals surface area (Å²) < 4.78 is 5.26. The second-order valence-electron chi connectivity index (χ2n) is 7.77. The van der Waals surface area contributed by atoms with E-state index in [1.165, 1.54) is 0 Å². The van der Waals surface area contributed by atoms with Crippen LogP contribution in [0.15, 0.2) is 5.11 Å². The number of aliphatic hydroxyl groups is 1. The number of nitrogens with zero attached hydrogens (tertiary/aromatic N) is 3. The van der Waals surface area contributed by atoms with Crippen molar-refractivity contribution in [3.63, 3.8) is 0 Å². The largest absolute Gasteiger partial charge is 0.444 e. The molecule has 0 bridgehead atoms. The van der Waals surface area contributed by atoms with Crippen molar-refractivity contribution >= 4 is 6.09 Å². The summed E-state index contributed by atoms with van der Waals surface area (Å²) in [4.78, 5) is 14.8. The third-order valence-electron chi connectivity index (χ3n) is 3.15. The highest BCUT2D eigenvalue weighted by atomic mass is 16.6. The van der Waals surface area contributed by atoms with Gasteiger partial charge in [0.2, 0.25) is 0 Å². The standard InChI is InChI=1S/C16H32N4O3/c1-10(2)8-12(18-15(22)23-16(5,6)7)14(21)13(19-20-17)9-11(3)4/h10-14,21H,8-9H2,1-7H3,(H,18,22)/t12-,13-,14+/m0/s1. The van der Waals surface area contributed by atoms with Crippen LogP contribution < -0.4 is 5.32 Å². The molecule has 0 aromatic rings. The Balaban J connectivity index is 5.11. The van der Waals surface area contributed by atoms with E-state index in [1.54, 1.807) is 20.8 Å². The first kappa shape index (κ1) is 21.5. The first-order valence-electron chi connectivity index (χ1n) is 8.18. The van der Waals surface area contributed by atoms with Gasteiger partial charge in [-0.25, -0.2) is 4.79 Å². The molecule has 3 atom stereocenters. The number of alkyl carbamates (subject to hydrolysis) is 1. The number of rotatable bonds is 8. The van der Waals surface area contributed by atoms with E-state index in [2.05, 4.69) is 15.3 Å². The van der Waals surface area contributed by atoms with Crippen molar-refractivity contribution < 1.29 is 14.6 Å². The lowest BCUT2D eigenvalue weighted by molar-refractivity contribution is 0.0356. The monoisotopic (exact) mass is 328 g/mol. The van der Waals surface area contributed by atoms with Gasteiger partial charge in [-0.05, 0) is 51.0 Å². The molecule has 0 rings (SSSR count). The Morgan fingerprint density at radius 3 is 2.13 bits per heavy atom. The van der Waals surface area contributed by atoms with Crippen LogP contribution in [-0.2, 0) is 4.74 Å². The summed E-state index contributed by atoms with van der Waals surface area (Å²) >= 11 is 0. The third kappa shape index (κ3) is 10.0. The molecular weight excluding hydrogens is 296 g/mol. The minimum atomic E-state index is -0.955. The first-order valence-corrected chi connectivity index (χ1v) is 8.18. The predicted octanol–water partition coefficient (Wildman–Crippen LogP) is 4.01. The predicted molar refractivity (Wildman–Crippen MR) is 91.0 cm³/mol. The summed E-state index contributed by atoms with van der Waals surface area (Å²) in [6.45, 7) is 13.3. The van der Waals surface area contributed by atoms with Gasteiger partial charge in [0.15, 0.2) is 0 Å². The van der Waals surface area contributed by atoms with E-state index >= 15 is 0 Å². The van der Waals surface area contributed by atoms with Gasteiger partial charge < -0.3 is 15.2 Å². The summed E-state index contributed by atoms with van der Waals surface area (Å²) in [5, 5.41) is 17.0. The van der Waals surface area contributed by atoms with Crippen molar-refractivity contribution in [3.05, 3.63) is 10.4 Å². The number of carbonyl (C=O) groups excluding carboxylic acids is 1. The zero-order valence-corrected chi connectivity index (χ0v) is 15.4. The number of hydrogen-bond acceptors (Lipinski definition) is 4. The molecule has 0 heterocycles. The maximum absolute atomic E-state index is 12.0. The van der Waals surface area contributed by atoms with Gasteiger partial charge in [-0.2, -0.15) is 0 Å². The van der Waals surface area contributed by atoms with Crippen molar-refractivity contribution in [1.29, 1.82) is 0 Å². The molecule has 7 heteroatoms. The number of amides is 1. The van der Waals surface area contributed by atoms with Gasteiger partial charge in [0, 0.05) is 4.91 Å². The second kappa shape index (κ2) is 9.63. The maximum atomic E-state index is 12.0. The topological polar surface area (TPSA) is 107 Å². The lowest BCUT2D eigenvalue weighted by Crippen LogP contribution is -2.50. The molecule has 0 saturated carbocycles. The van der Waals surface area contributed by atoms with Crippen molar-refractivity contribution in [3.8, 4) is 0 Å². The molecule has 0 aromatic carbocycles. The van der Waals surface area contributed by atoms with Crippen molar-refractivity contribution in [2.75, 3.05) is 0 Å². The molecule has 0 unspecified atom stereocenters. The Hall–Kier alpha value is -1.46. The number of ether oxygens (including phenoxy) is 1. The lowest BCUT2D eigenvalue weighted by Gasteiger charge is -2.31. The lowest BCUT2D eigenvalue weighted by atomic mass is 9.91. The number of hydrogen-bond donors (Lipinski definition) is 2. The summed E-state index contributed by atoms with van der Waals surface area (Å²) in [5.74, 6) is 0.525. The zero-order valence-electron chi connectivity index (χ0n) is 15.4. The van der Waals surface area contributed by atoms with Crippen LogP contribution in [-0.4, -0.2) is 35.0 Å². The maximum Gasteiger partial charge on any atom is 0.407 e. The summed E-state index contributed by atoms with van der Waals surface area (Å²) in [5.41, 5.74) is 8.12. The fourth-order valence-electron chi connectivity index (χ4n) is 2.32. The van der Waals surface area contributed by atoms with Gasteiger partial charge in [0.25, 0.3) is 0 Å². The quantitative estimate of drug-likeness (QED) is 0.399. The number of azide groups is 1. The van der Waals surface area contributed by atoms with Gasteiger partial charge in [0.05, 0.1) is 18.2 Å². The van der Waals surface area contributed by atoms with Crippen molar-refractivity contribution in [2.45, 2.75) is 85.1 Å². The van der Waals surface area contributed by atoms with Crippen molar-refractivity contribution in [2.24, 2.45) is 17.0 Å². The molecule has 2 N–H and O–H groups in total. The smallest absolute Gasteiger partial charge is 0.407 e.